The van der Waals surface area contributed by atoms with Crippen molar-refractivity contribution >= 4 is 10.5 Å². The first kappa shape index (κ1) is 11.5. The smallest absolute Gasteiger partial charge is 0.167 e. The predicted octanol–water partition coefficient (Wildman–Crippen LogP) is 1.37. The van der Waals surface area contributed by atoms with Crippen molar-refractivity contribution in [3.8, 4) is 0 Å². The first-order valence-corrected chi connectivity index (χ1v) is 3.36. The van der Waals surface area contributed by atoms with Crippen LogP contribution in [-0.2, 0) is 14.7 Å². The molecule has 0 unspecified atom stereocenters. The maximum Gasteiger partial charge on any atom is 0.484 e. The van der Waals surface area contributed by atoms with Crippen LogP contribution in [-0.4, -0.2) is 20.7 Å². The summed E-state index contributed by atoms with van der Waals surface area (Å²) in [4.78, 5) is 0. The molecular formula is C2F6O3S. The van der Waals surface area contributed by atoms with E-state index in [0.717, 1.165) is 0 Å². The van der Waals surface area contributed by atoms with Crippen molar-refractivity contribution < 1.29 is 38.4 Å². The second kappa shape index (κ2) is 2.76. The standard InChI is InChI=1S/C2F6O3S/c3-1(4,5)2(6,7)11-12(8,9)10. The molecule has 74 valence electrons. The van der Waals surface area contributed by atoms with Crippen molar-refractivity contribution in [2.45, 2.75) is 12.3 Å². The lowest BCUT2D eigenvalue weighted by Crippen LogP contribution is -2.40. The summed E-state index contributed by atoms with van der Waals surface area (Å²) in [5.41, 5.74) is 0. The third-order valence-corrected chi connectivity index (χ3v) is 0.943. The van der Waals surface area contributed by atoms with E-state index >= 15 is 0 Å². The highest BCUT2D eigenvalue weighted by molar-refractivity contribution is 7.81. The molecule has 0 saturated heterocycles. The molecule has 0 aromatic rings. The van der Waals surface area contributed by atoms with Gasteiger partial charge in [-0.15, -0.1) is 0 Å². The topological polar surface area (TPSA) is 43.4 Å². The quantitative estimate of drug-likeness (QED) is 0.519. The number of rotatable bonds is 2. The van der Waals surface area contributed by atoms with E-state index in [9.17, 15) is 34.3 Å². The minimum atomic E-state index is -6.33. The lowest BCUT2D eigenvalue weighted by Gasteiger charge is -2.15. The normalized spacial score (nSPS) is 14.8. The molecule has 0 aromatic carbocycles. The van der Waals surface area contributed by atoms with Crippen molar-refractivity contribution in [2.24, 2.45) is 0 Å². The average Bonchev–Trinajstić information content (AvgIpc) is 1.52. The summed E-state index contributed by atoms with van der Waals surface area (Å²) in [6, 6.07) is 0. The molecule has 0 aliphatic carbocycles. The lowest BCUT2D eigenvalue weighted by molar-refractivity contribution is -0.360. The van der Waals surface area contributed by atoms with Crippen molar-refractivity contribution in [1.29, 1.82) is 0 Å². The molecule has 0 aliphatic rings. The van der Waals surface area contributed by atoms with Crippen LogP contribution in [0, 0.1) is 0 Å². The van der Waals surface area contributed by atoms with Gasteiger partial charge < -0.3 is 0 Å². The summed E-state index contributed by atoms with van der Waals surface area (Å²) in [6.07, 6.45) is -12.3. The molecule has 0 radical (unpaired) electrons. The zero-order valence-electron chi connectivity index (χ0n) is 4.90. The molecule has 3 nitrogen and oxygen atoms in total. The third kappa shape index (κ3) is 3.26. The summed E-state index contributed by atoms with van der Waals surface area (Å²) in [5, 5.41) is 0. The Bertz CT molecular complexity index is 250. The Morgan fingerprint density at radius 2 is 1.33 bits per heavy atom. The molecule has 0 heterocycles. The molecule has 0 spiro atoms. The van der Waals surface area contributed by atoms with Crippen molar-refractivity contribution in [3.63, 3.8) is 0 Å². The molecule has 10 heteroatoms. The van der Waals surface area contributed by atoms with Crippen LogP contribution in [0.5, 0.6) is 0 Å². The highest BCUT2D eigenvalue weighted by Gasteiger charge is 2.62. The Labute approximate surface area is 62.3 Å². The molecule has 0 atom stereocenters. The summed E-state index contributed by atoms with van der Waals surface area (Å²) < 4.78 is 87.6. The van der Waals surface area contributed by atoms with E-state index in [1.54, 1.807) is 0 Å². The van der Waals surface area contributed by atoms with E-state index in [2.05, 4.69) is 0 Å². The zero-order chi connectivity index (χ0) is 10.2. The van der Waals surface area contributed by atoms with E-state index in [0.29, 0.717) is 0 Å². The van der Waals surface area contributed by atoms with Gasteiger partial charge in [-0.05, 0) is 0 Å². The Morgan fingerprint density at radius 1 is 1.00 bits per heavy atom. The maximum atomic E-state index is 11.5. The average molecular weight is 218 g/mol. The van der Waals surface area contributed by atoms with Crippen molar-refractivity contribution in [3.05, 3.63) is 0 Å². The van der Waals surface area contributed by atoms with Gasteiger partial charge in [-0.3, -0.25) is 0 Å². The van der Waals surface area contributed by atoms with Gasteiger partial charge in [0.25, 0.3) is 0 Å². The first-order chi connectivity index (χ1) is 4.96. The van der Waals surface area contributed by atoms with E-state index < -0.39 is 22.8 Å². The zero-order valence-corrected chi connectivity index (χ0v) is 5.72. The number of hydrogen-bond donors (Lipinski definition) is 0. The Kier molecular flexibility index (Phi) is 2.65. The van der Waals surface area contributed by atoms with Crippen molar-refractivity contribution in [1.82, 2.24) is 0 Å². The second-order valence-corrected chi connectivity index (χ2v) is 2.44. The minimum absolute atomic E-state index is 1.84. The van der Waals surface area contributed by atoms with Crippen LogP contribution in [0.15, 0.2) is 0 Å². The van der Waals surface area contributed by atoms with Crippen molar-refractivity contribution in [2.75, 3.05) is 0 Å². The van der Waals surface area contributed by atoms with Crippen LogP contribution in [0.4, 0.5) is 25.8 Å². The highest BCUT2D eigenvalue weighted by Crippen LogP contribution is 2.37. The van der Waals surface area contributed by atoms with E-state index in [4.69, 9.17) is 0 Å². The Morgan fingerprint density at radius 3 is 1.42 bits per heavy atom. The summed E-state index contributed by atoms with van der Waals surface area (Å²) in [6.45, 7) is 0. The van der Waals surface area contributed by atoms with Crippen LogP contribution < -0.4 is 0 Å². The molecule has 0 saturated carbocycles. The van der Waals surface area contributed by atoms with Gasteiger partial charge in [-0.2, -0.15) is 34.6 Å². The number of alkyl halides is 5. The summed E-state index contributed by atoms with van der Waals surface area (Å²) in [7, 11) is -6.33. The van der Waals surface area contributed by atoms with E-state index in [1.807, 2.05) is 4.18 Å². The molecule has 0 aromatic heterocycles. The van der Waals surface area contributed by atoms with Gasteiger partial charge in [-0.25, -0.2) is 0 Å². The molecular weight excluding hydrogens is 218 g/mol. The van der Waals surface area contributed by atoms with Gasteiger partial charge in [0.1, 0.15) is 0 Å². The minimum Gasteiger partial charge on any atom is -0.167 e. The fourth-order valence-electron chi connectivity index (χ4n) is 0.172. The fourth-order valence-corrected chi connectivity index (χ4v) is 0.517. The third-order valence-electron chi connectivity index (χ3n) is 0.534. The van der Waals surface area contributed by atoms with E-state index in [1.165, 1.54) is 0 Å². The van der Waals surface area contributed by atoms with Gasteiger partial charge in [0, 0.05) is 0 Å². The monoisotopic (exact) mass is 218 g/mol. The fraction of sp³-hybridized carbons (Fsp3) is 1.00. The molecule has 0 aliphatic heterocycles. The van der Waals surface area contributed by atoms with Gasteiger partial charge >= 0.3 is 22.8 Å². The Hall–Kier alpha value is -0.510. The Balaban J connectivity index is 4.67. The second-order valence-electron chi connectivity index (χ2n) is 1.49. The maximum absolute atomic E-state index is 11.5. The number of halogens is 6. The molecule has 12 heavy (non-hydrogen) atoms. The van der Waals surface area contributed by atoms with Crippen LogP contribution in [0.3, 0.4) is 0 Å². The largest absolute Gasteiger partial charge is 0.484 e. The molecule has 0 amide bonds. The van der Waals surface area contributed by atoms with Crippen LogP contribution >= 0.6 is 0 Å². The van der Waals surface area contributed by atoms with E-state index in [-0.39, 0.29) is 0 Å². The van der Waals surface area contributed by atoms with Gasteiger partial charge in [0.2, 0.25) is 0 Å². The highest BCUT2D eigenvalue weighted by atomic mass is 32.3. The van der Waals surface area contributed by atoms with Crippen LogP contribution in [0.1, 0.15) is 0 Å². The molecule has 0 N–H and O–H groups in total. The first-order valence-electron chi connectivity index (χ1n) is 2.05. The predicted molar refractivity (Wildman–Crippen MR) is 22.1 cm³/mol. The van der Waals surface area contributed by atoms with Crippen LogP contribution in [0.25, 0.3) is 0 Å². The number of hydrogen-bond acceptors (Lipinski definition) is 3. The lowest BCUT2D eigenvalue weighted by atomic mass is 10.6. The molecule has 0 rings (SSSR count). The van der Waals surface area contributed by atoms with Crippen LogP contribution in [0.2, 0.25) is 0 Å². The summed E-state index contributed by atoms with van der Waals surface area (Å²) >= 11 is 0. The summed E-state index contributed by atoms with van der Waals surface area (Å²) in [5.74, 6) is 0. The van der Waals surface area contributed by atoms with Gasteiger partial charge in [0.05, 0.1) is 0 Å². The van der Waals surface area contributed by atoms with Gasteiger partial charge in [0.15, 0.2) is 0 Å². The molecule has 0 fully saturated rings. The SMILES string of the molecule is O=S(=O)(F)OC(F)(F)C(F)(F)F. The molecule has 0 bridgehead atoms. The van der Waals surface area contributed by atoms with Gasteiger partial charge in [-0.1, -0.05) is 3.89 Å².